The molecule has 3 heteroatoms. The van der Waals surface area contributed by atoms with Gasteiger partial charge in [-0.3, -0.25) is 9.78 Å². The van der Waals surface area contributed by atoms with Crippen molar-refractivity contribution in [3.8, 4) is 0 Å². The molecule has 1 aromatic heterocycles. The number of aromatic nitrogens is 1. The van der Waals surface area contributed by atoms with Gasteiger partial charge in [-0.05, 0) is 42.7 Å². The highest BCUT2D eigenvalue weighted by molar-refractivity contribution is 5.95. The van der Waals surface area contributed by atoms with Crippen molar-refractivity contribution in [2.24, 2.45) is 0 Å². The van der Waals surface area contributed by atoms with Crippen LogP contribution in [0.5, 0.6) is 0 Å². The molecule has 0 bridgehead atoms. The van der Waals surface area contributed by atoms with Gasteiger partial charge in [0.15, 0.2) is 0 Å². The lowest BCUT2D eigenvalue weighted by Gasteiger charge is -2.07. The van der Waals surface area contributed by atoms with E-state index in [2.05, 4.69) is 10.3 Å². The molecule has 1 aromatic carbocycles. The Morgan fingerprint density at radius 1 is 1.17 bits per heavy atom. The van der Waals surface area contributed by atoms with Crippen molar-refractivity contribution < 1.29 is 4.79 Å². The second kappa shape index (κ2) is 5.96. The number of carbonyl (C=O) groups excluding carboxylic acids is 1. The maximum Gasteiger partial charge on any atom is 0.251 e. The number of nitrogens with zero attached hydrogens (tertiary/aromatic N) is 1. The summed E-state index contributed by atoms with van der Waals surface area (Å²) < 4.78 is 0. The standard InChI is InChI=1S/C15H16N2O/c1-12-4-2-3-5-14(12)15(18)17-11-8-13-6-9-16-10-7-13/h2-7,9-10H,8,11H2,1H3,(H,17,18). The average molecular weight is 240 g/mol. The molecule has 0 fully saturated rings. The molecule has 1 amide bonds. The Hall–Kier alpha value is -2.16. The molecule has 0 aliphatic carbocycles. The van der Waals surface area contributed by atoms with Gasteiger partial charge in [0.1, 0.15) is 0 Å². The van der Waals surface area contributed by atoms with Crippen LogP contribution in [0.25, 0.3) is 0 Å². The molecule has 0 aliphatic rings. The van der Waals surface area contributed by atoms with Crippen LogP contribution in [0.15, 0.2) is 48.8 Å². The first-order valence-electron chi connectivity index (χ1n) is 6.00. The fourth-order valence-electron chi connectivity index (χ4n) is 1.79. The summed E-state index contributed by atoms with van der Waals surface area (Å²) >= 11 is 0. The second-order valence-corrected chi connectivity index (χ2v) is 4.18. The number of rotatable bonds is 4. The molecule has 0 unspecified atom stereocenters. The number of hydrogen-bond donors (Lipinski definition) is 1. The van der Waals surface area contributed by atoms with E-state index in [0.717, 1.165) is 17.5 Å². The molecule has 0 atom stereocenters. The van der Waals surface area contributed by atoms with Crippen LogP contribution in [0.2, 0.25) is 0 Å². The minimum atomic E-state index is -0.0119. The van der Waals surface area contributed by atoms with Gasteiger partial charge in [0, 0.05) is 24.5 Å². The van der Waals surface area contributed by atoms with Gasteiger partial charge in [-0.15, -0.1) is 0 Å². The van der Waals surface area contributed by atoms with Crippen LogP contribution < -0.4 is 5.32 Å². The van der Waals surface area contributed by atoms with Gasteiger partial charge in [0.25, 0.3) is 5.91 Å². The number of hydrogen-bond acceptors (Lipinski definition) is 2. The van der Waals surface area contributed by atoms with Crippen molar-refractivity contribution in [1.29, 1.82) is 0 Å². The molecule has 18 heavy (non-hydrogen) atoms. The van der Waals surface area contributed by atoms with E-state index in [9.17, 15) is 4.79 Å². The van der Waals surface area contributed by atoms with Gasteiger partial charge in [-0.25, -0.2) is 0 Å². The van der Waals surface area contributed by atoms with Crippen LogP contribution in [-0.2, 0) is 6.42 Å². The predicted octanol–water partition coefficient (Wildman–Crippen LogP) is 2.36. The molecule has 1 N–H and O–H groups in total. The third kappa shape index (κ3) is 3.17. The Morgan fingerprint density at radius 3 is 2.61 bits per heavy atom. The van der Waals surface area contributed by atoms with Crippen LogP contribution >= 0.6 is 0 Å². The third-order valence-electron chi connectivity index (χ3n) is 2.84. The first-order chi connectivity index (χ1) is 8.77. The zero-order chi connectivity index (χ0) is 12.8. The summed E-state index contributed by atoms with van der Waals surface area (Å²) in [6.07, 6.45) is 4.34. The quantitative estimate of drug-likeness (QED) is 0.891. The van der Waals surface area contributed by atoms with E-state index in [0.29, 0.717) is 6.54 Å². The molecule has 0 radical (unpaired) electrons. The van der Waals surface area contributed by atoms with Crippen LogP contribution in [0, 0.1) is 6.92 Å². The van der Waals surface area contributed by atoms with Gasteiger partial charge in [0.2, 0.25) is 0 Å². The Balaban J connectivity index is 1.88. The molecule has 3 nitrogen and oxygen atoms in total. The summed E-state index contributed by atoms with van der Waals surface area (Å²) in [5, 5.41) is 2.93. The maximum absolute atomic E-state index is 11.9. The molecule has 2 rings (SSSR count). The van der Waals surface area contributed by atoms with E-state index in [4.69, 9.17) is 0 Å². The van der Waals surface area contributed by atoms with E-state index >= 15 is 0 Å². The zero-order valence-electron chi connectivity index (χ0n) is 10.4. The molecule has 1 heterocycles. The maximum atomic E-state index is 11.9. The molecule has 92 valence electrons. The molecule has 0 saturated carbocycles. The van der Waals surface area contributed by atoms with Crippen LogP contribution in [-0.4, -0.2) is 17.4 Å². The summed E-state index contributed by atoms with van der Waals surface area (Å²) in [6.45, 7) is 2.58. The monoisotopic (exact) mass is 240 g/mol. The van der Waals surface area contributed by atoms with E-state index in [1.54, 1.807) is 12.4 Å². The average Bonchev–Trinajstić information content (AvgIpc) is 2.40. The lowest BCUT2D eigenvalue weighted by atomic mass is 10.1. The van der Waals surface area contributed by atoms with E-state index in [1.807, 2.05) is 43.3 Å². The lowest BCUT2D eigenvalue weighted by Crippen LogP contribution is -2.26. The van der Waals surface area contributed by atoms with Gasteiger partial charge >= 0.3 is 0 Å². The summed E-state index contributed by atoms with van der Waals surface area (Å²) in [5.41, 5.74) is 2.92. The lowest BCUT2D eigenvalue weighted by molar-refractivity contribution is 0.0953. The van der Waals surface area contributed by atoms with Crippen molar-refractivity contribution >= 4 is 5.91 Å². The van der Waals surface area contributed by atoms with Gasteiger partial charge < -0.3 is 5.32 Å². The van der Waals surface area contributed by atoms with Crippen molar-refractivity contribution in [3.05, 3.63) is 65.5 Å². The first-order valence-corrected chi connectivity index (χ1v) is 6.00. The highest BCUT2D eigenvalue weighted by atomic mass is 16.1. The van der Waals surface area contributed by atoms with Crippen LogP contribution in [0.4, 0.5) is 0 Å². The molecular weight excluding hydrogens is 224 g/mol. The molecule has 0 aliphatic heterocycles. The highest BCUT2D eigenvalue weighted by Gasteiger charge is 2.06. The first kappa shape index (κ1) is 12.3. The summed E-state index contributed by atoms with van der Waals surface area (Å²) in [7, 11) is 0. The second-order valence-electron chi connectivity index (χ2n) is 4.18. The minimum Gasteiger partial charge on any atom is -0.352 e. The normalized spacial score (nSPS) is 10.1. The Kier molecular flexibility index (Phi) is 4.07. The minimum absolute atomic E-state index is 0.0119. The Labute approximate surface area is 107 Å². The topological polar surface area (TPSA) is 42.0 Å². The van der Waals surface area contributed by atoms with Crippen molar-refractivity contribution in [1.82, 2.24) is 10.3 Å². The van der Waals surface area contributed by atoms with E-state index in [-0.39, 0.29) is 5.91 Å². The van der Waals surface area contributed by atoms with E-state index < -0.39 is 0 Å². The number of amides is 1. The molecule has 0 saturated heterocycles. The number of benzene rings is 1. The third-order valence-corrected chi connectivity index (χ3v) is 2.84. The number of pyridine rings is 1. The molecular formula is C15H16N2O. The van der Waals surface area contributed by atoms with Gasteiger partial charge in [-0.1, -0.05) is 18.2 Å². The fourth-order valence-corrected chi connectivity index (χ4v) is 1.79. The summed E-state index contributed by atoms with van der Waals surface area (Å²) in [6, 6.07) is 11.5. The van der Waals surface area contributed by atoms with Crippen LogP contribution in [0.3, 0.4) is 0 Å². The highest BCUT2D eigenvalue weighted by Crippen LogP contribution is 2.06. The Bertz CT molecular complexity index is 523. The van der Waals surface area contributed by atoms with E-state index in [1.165, 1.54) is 5.56 Å². The number of aryl methyl sites for hydroxylation is 1. The van der Waals surface area contributed by atoms with Crippen molar-refractivity contribution in [3.63, 3.8) is 0 Å². The smallest absolute Gasteiger partial charge is 0.251 e. The zero-order valence-corrected chi connectivity index (χ0v) is 10.4. The fraction of sp³-hybridized carbons (Fsp3) is 0.200. The molecule has 0 spiro atoms. The largest absolute Gasteiger partial charge is 0.352 e. The molecule has 2 aromatic rings. The van der Waals surface area contributed by atoms with Crippen molar-refractivity contribution in [2.75, 3.05) is 6.54 Å². The van der Waals surface area contributed by atoms with Crippen LogP contribution in [0.1, 0.15) is 21.5 Å². The Morgan fingerprint density at radius 2 is 1.89 bits per heavy atom. The number of carbonyl (C=O) groups is 1. The predicted molar refractivity (Wildman–Crippen MR) is 71.5 cm³/mol. The van der Waals surface area contributed by atoms with Gasteiger partial charge in [-0.2, -0.15) is 0 Å². The van der Waals surface area contributed by atoms with Gasteiger partial charge in [0.05, 0.1) is 0 Å². The van der Waals surface area contributed by atoms with Crippen molar-refractivity contribution in [2.45, 2.75) is 13.3 Å². The number of nitrogens with one attached hydrogen (secondary N) is 1. The SMILES string of the molecule is Cc1ccccc1C(=O)NCCc1ccncc1. The summed E-state index contributed by atoms with van der Waals surface area (Å²) in [4.78, 5) is 15.9. The summed E-state index contributed by atoms with van der Waals surface area (Å²) in [5.74, 6) is -0.0119.